The highest BCUT2D eigenvalue weighted by Crippen LogP contribution is 2.44. The van der Waals surface area contributed by atoms with Crippen LogP contribution < -0.4 is 5.32 Å². The van der Waals surface area contributed by atoms with Gasteiger partial charge in [-0.3, -0.25) is 4.79 Å². The molecule has 1 saturated carbocycles. The molecule has 2 aliphatic rings. The van der Waals surface area contributed by atoms with E-state index in [0.29, 0.717) is 0 Å². The molecule has 2 rings (SSSR count). The number of nitrogens with one attached hydrogen (secondary N) is 1. The summed E-state index contributed by atoms with van der Waals surface area (Å²) in [5, 5.41) is 2.87. The van der Waals surface area contributed by atoms with Gasteiger partial charge in [0.15, 0.2) is 0 Å². The molecule has 4 nitrogen and oxygen atoms in total. The SMILES string of the molecule is CC(=O)[C@@H]1[C@H](NC(=O)OC(C)(C)C)[C@H]2C=C[C@@H]1C2. The van der Waals surface area contributed by atoms with Crippen LogP contribution in [0.3, 0.4) is 0 Å². The summed E-state index contributed by atoms with van der Waals surface area (Å²) in [6, 6.07) is -0.104. The first-order valence-electron chi connectivity index (χ1n) is 6.46. The van der Waals surface area contributed by atoms with Gasteiger partial charge in [-0.1, -0.05) is 12.2 Å². The molecule has 1 N–H and O–H groups in total. The summed E-state index contributed by atoms with van der Waals surface area (Å²) in [7, 11) is 0. The van der Waals surface area contributed by atoms with Crippen molar-refractivity contribution in [2.24, 2.45) is 17.8 Å². The van der Waals surface area contributed by atoms with Gasteiger partial charge in [0.25, 0.3) is 0 Å². The van der Waals surface area contributed by atoms with Crippen molar-refractivity contribution in [3.05, 3.63) is 12.2 Å². The predicted octanol–water partition coefficient (Wildman–Crippen LogP) is 2.29. The van der Waals surface area contributed by atoms with Gasteiger partial charge in [0.2, 0.25) is 0 Å². The molecule has 0 saturated heterocycles. The summed E-state index contributed by atoms with van der Waals surface area (Å²) in [6.45, 7) is 7.09. The second kappa shape index (κ2) is 4.41. The third kappa shape index (κ3) is 2.57. The molecule has 4 atom stereocenters. The van der Waals surface area contributed by atoms with Gasteiger partial charge in [0.05, 0.1) is 0 Å². The minimum atomic E-state index is -0.511. The van der Waals surface area contributed by atoms with Crippen molar-refractivity contribution in [1.29, 1.82) is 0 Å². The van der Waals surface area contributed by atoms with Crippen LogP contribution in [-0.2, 0) is 9.53 Å². The molecule has 1 fully saturated rings. The number of Topliss-reactive ketones (excluding diaryl/α,β-unsaturated/α-hetero) is 1. The molecule has 2 bridgehead atoms. The van der Waals surface area contributed by atoms with Crippen LogP contribution in [0.15, 0.2) is 12.2 Å². The maximum Gasteiger partial charge on any atom is 0.407 e. The van der Waals surface area contributed by atoms with Gasteiger partial charge in [-0.2, -0.15) is 0 Å². The van der Waals surface area contributed by atoms with Crippen molar-refractivity contribution < 1.29 is 14.3 Å². The van der Waals surface area contributed by atoms with Gasteiger partial charge in [0.1, 0.15) is 11.4 Å². The van der Waals surface area contributed by atoms with Crippen LogP contribution in [0.2, 0.25) is 0 Å². The van der Waals surface area contributed by atoms with Gasteiger partial charge in [-0.15, -0.1) is 0 Å². The first-order chi connectivity index (χ1) is 8.28. The summed E-state index contributed by atoms with van der Waals surface area (Å²) in [5.74, 6) is 0.615. The monoisotopic (exact) mass is 251 g/mol. The number of carbonyl (C=O) groups is 2. The van der Waals surface area contributed by atoms with Gasteiger partial charge < -0.3 is 10.1 Å². The lowest BCUT2D eigenvalue weighted by atomic mass is 9.86. The second-order valence-corrected chi connectivity index (χ2v) is 6.26. The van der Waals surface area contributed by atoms with E-state index in [0.717, 1.165) is 6.42 Å². The zero-order valence-corrected chi connectivity index (χ0v) is 11.4. The zero-order valence-electron chi connectivity index (χ0n) is 11.4. The number of alkyl carbamates (subject to hydrolysis) is 1. The maximum absolute atomic E-state index is 11.8. The Balaban J connectivity index is 2.02. The van der Waals surface area contributed by atoms with Crippen LogP contribution in [0.1, 0.15) is 34.1 Å². The minimum Gasteiger partial charge on any atom is -0.444 e. The van der Waals surface area contributed by atoms with Gasteiger partial charge in [-0.05, 0) is 46.0 Å². The highest BCUT2D eigenvalue weighted by Gasteiger charge is 2.47. The Labute approximate surface area is 108 Å². The Bertz CT molecular complexity index is 394. The summed E-state index contributed by atoms with van der Waals surface area (Å²) in [5.41, 5.74) is -0.511. The largest absolute Gasteiger partial charge is 0.444 e. The zero-order chi connectivity index (χ0) is 13.5. The van der Waals surface area contributed by atoms with Gasteiger partial charge in [0, 0.05) is 12.0 Å². The molecular formula is C14H21NO3. The van der Waals surface area contributed by atoms with Crippen molar-refractivity contribution in [3.8, 4) is 0 Å². The smallest absolute Gasteiger partial charge is 0.407 e. The third-order valence-corrected chi connectivity index (χ3v) is 3.61. The number of carbonyl (C=O) groups excluding carboxylic acids is 2. The summed E-state index contributed by atoms with van der Waals surface area (Å²) in [4.78, 5) is 23.5. The fourth-order valence-electron chi connectivity index (χ4n) is 3.02. The van der Waals surface area contributed by atoms with Crippen molar-refractivity contribution in [3.63, 3.8) is 0 Å². The minimum absolute atomic E-state index is 0.0903. The Morgan fingerprint density at radius 2 is 1.83 bits per heavy atom. The maximum atomic E-state index is 11.8. The quantitative estimate of drug-likeness (QED) is 0.766. The molecule has 0 radical (unpaired) electrons. The lowest BCUT2D eigenvalue weighted by Crippen LogP contribution is -2.46. The summed E-state index contributed by atoms with van der Waals surface area (Å²) in [6.07, 6.45) is 4.74. The van der Waals surface area contributed by atoms with E-state index in [1.165, 1.54) is 0 Å². The van der Waals surface area contributed by atoms with Crippen LogP contribution in [0, 0.1) is 17.8 Å². The predicted molar refractivity (Wildman–Crippen MR) is 68.1 cm³/mol. The molecule has 0 aromatic rings. The fourth-order valence-corrected chi connectivity index (χ4v) is 3.02. The Kier molecular flexibility index (Phi) is 3.21. The number of amides is 1. The average molecular weight is 251 g/mol. The van der Waals surface area contributed by atoms with E-state index in [2.05, 4.69) is 17.5 Å². The number of ketones is 1. The molecule has 4 heteroatoms. The first kappa shape index (κ1) is 13.1. The fraction of sp³-hybridized carbons (Fsp3) is 0.714. The third-order valence-electron chi connectivity index (χ3n) is 3.61. The van der Waals surface area contributed by atoms with Crippen LogP contribution >= 0.6 is 0 Å². The summed E-state index contributed by atoms with van der Waals surface area (Å²) >= 11 is 0. The topological polar surface area (TPSA) is 55.4 Å². The molecule has 0 aromatic heterocycles. The molecule has 100 valence electrons. The number of ether oxygens (including phenoxy) is 1. The average Bonchev–Trinajstić information content (AvgIpc) is 2.73. The van der Waals surface area contributed by atoms with Crippen LogP contribution in [0.4, 0.5) is 4.79 Å². The number of rotatable bonds is 2. The molecule has 2 aliphatic carbocycles. The van der Waals surface area contributed by atoms with Gasteiger partial charge >= 0.3 is 6.09 Å². The Morgan fingerprint density at radius 3 is 2.39 bits per heavy atom. The molecule has 0 unspecified atom stereocenters. The normalized spacial score (nSPS) is 33.6. The molecule has 0 spiro atoms. The molecule has 18 heavy (non-hydrogen) atoms. The van der Waals surface area contributed by atoms with E-state index in [4.69, 9.17) is 4.74 Å². The highest BCUT2D eigenvalue weighted by molar-refractivity contribution is 5.81. The van der Waals surface area contributed by atoms with Crippen molar-refractivity contribution >= 4 is 11.9 Å². The van der Waals surface area contributed by atoms with E-state index in [1.54, 1.807) is 6.92 Å². The number of hydrogen-bond donors (Lipinski definition) is 1. The molecular weight excluding hydrogens is 230 g/mol. The van der Waals surface area contributed by atoms with Gasteiger partial charge in [-0.25, -0.2) is 4.79 Å². The van der Waals surface area contributed by atoms with E-state index in [1.807, 2.05) is 20.8 Å². The molecule has 0 aliphatic heterocycles. The van der Waals surface area contributed by atoms with Crippen LogP contribution in [-0.4, -0.2) is 23.5 Å². The standard InChI is InChI=1S/C14H21NO3/c1-8(16)11-9-5-6-10(7-9)12(11)15-13(17)18-14(2,3)4/h5-6,9-12H,7H2,1-4H3,(H,15,17)/t9-,10+,11+,12-/m1/s1. The number of allylic oxidation sites excluding steroid dienone is 1. The highest BCUT2D eigenvalue weighted by atomic mass is 16.6. The van der Waals surface area contributed by atoms with Crippen LogP contribution in [0.5, 0.6) is 0 Å². The Morgan fingerprint density at radius 1 is 1.22 bits per heavy atom. The number of hydrogen-bond acceptors (Lipinski definition) is 3. The van der Waals surface area contributed by atoms with E-state index in [-0.39, 0.29) is 29.6 Å². The van der Waals surface area contributed by atoms with Crippen molar-refractivity contribution in [2.75, 3.05) is 0 Å². The van der Waals surface area contributed by atoms with E-state index >= 15 is 0 Å². The first-order valence-corrected chi connectivity index (χ1v) is 6.46. The number of fused-ring (bicyclic) bond motifs is 2. The van der Waals surface area contributed by atoms with E-state index in [9.17, 15) is 9.59 Å². The Hall–Kier alpha value is -1.32. The molecule has 1 amide bonds. The summed E-state index contributed by atoms with van der Waals surface area (Å²) < 4.78 is 5.25. The van der Waals surface area contributed by atoms with Crippen molar-refractivity contribution in [1.82, 2.24) is 5.32 Å². The van der Waals surface area contributed by atoms with E-state index < -0.39 is 11.7 Å². The van der Waals surface area contributed by atoms with Crippen LogP contribution in [0.25, 0.3) is 0 Å². The molecule has 0 aromatic carbocycles. The lowest BCUT2D eigenvalue weighted by Gasteiger charge is -2.28. The van der Waals surface area contributed by atoms with Crippen molar-refractivity contribution in [2.45, 2.75) is 45.8 Å². The second-order valence-electron chi connectivity index (χ2n) is 6.26. The molecule has 0 heterocycles. The lowest BCUT2D eigenvalue weighted by molar-refractivity contribution is -0.122.